The zero-order valence-corrected chi connectivity index (χ0v) is 20.3. The molecular weight excluding hydrogens is 501 g/mol. The number of hydrogen-bond acceptors (Lipinski definition) is 7. The molecule has 1 aliphatic rings. The highest BCUT2D eigenvalue weighted by molar-refractivity contribution is 6.54. The Labute approximate surface area is 209 Å². The highest BCUT2D eigenvalue weighted by Gasteiger charge is 2.47. The second kappa shape index (κ2) is 11.2. The summed E-state index contributed by atoms with van der Waals surface area (Å²) in [5.74, 6) is -5.77. The van der Waals surface area contributed by atoms with Gasteiger partial charge >= 0.3 is 6.18 Å². The zero-order valence-electron chi connectivity index (χ0n) is 20.3. The summed E-state index contributed by atoms with van der Waals surface area (Å²) in [5, 5.41) is 12.8. The van der Waals surface area contributed by atoms with Crippen LogP contribution >= 0.6 is 0 Å². The van der Waals surface area contributed by atoms with Gasteiger partial charge in [0.2, 0.25) is 11.8 Å². The lowest BCUT2D eigenvalue weighted by atomic mass is 9.87. The van der Waals surface area contributed by atoms with Gasteiger partial charge in [0.25, 0.3) is 11.8 Å². The van der Waals surface area contributed by atoms with Crippen LogP contribution in [0.4, 0.5) is 27.9 Å². The molecule has 2 aromatic heterocycles. The summed E-state index contributed by atoms with van der Waals surface area (Å²) in [5.41, 5.74) is -1.19. The molecule has 0 aromatic carbocycles. The van der Waals surface area contributed by atoms with E-state index in [0.29, 0.717) is 11.9 Å². The number of anilines is 1. The number of carbonyl (C=O) groups is 1. The molecule has 3 heterocycles. The minimum atomic E-state index is -4.73. The molecule has 1 amide bonds. The number of ether oxygens (including phenoxy) is 1. The number of nitrogens with zero attached hydrogens (tertiary/aromatic N) is 4. The molecule has 3 rings (SSSR count). The number of nitrogens with one attached hydrogen (secondary N) is 2. The molecule has 200 valence electrons. The van der Waals surface area contributed by atoms with E-state index in [-0.39, 0.29) is 18.1 Å². The van der Waals surface area contributed by atoms with Crippen molar-refractivity contribution in [2.24, 2.45) is 5.92 Å². The minimum absolute atomic E-state index is 0.146. The molecule has 2 aromatic rings. The van der Waals surface area contributed by atoms with Crippen LogP contribution < -0.4 is 15.4 Å². The fourth-order valence-corrected chi connectivity index (χ4v) is 4.12. The number of piperidine rings is 1. The Balaban J connectivity index is 1.87. The quantitative estimate of drug-likeness (QED) is 0.358. The monoisotopic (exact) mass is 528 g/mol. The van der Waals surface area contributed by atoms with E-state index < -0.39 is 60.1 Å². The number of alkyl halides is 5. The molecule has 0 spiro atoms. The van der Waals surface area contributed by atoms with Crippen LogP contribution in [-0.4, -0.2) is 70.7 Å². The van der Waals surface area contributed by atoms with Crippen molar-refractivity contribution in [3.8, 4) is 5.88 Å². The van der Waals surface area contributed by atoms with Crippen molar-refractivity contribution in [3.05, 3.63) is 48.1 Å². The largest absolute Gasteiger partial charge is 0.480 e. The summed E-state index contributed by atoms with van der Waals surface area (Å²) < 4.78 is 73.1. The number of nitrogens with two attached hydrogens (primary N) is 1. The summed E-state index contributed by atoms with van der Waals surface area (Å²) in [6, 6.07) is 4.10. The van der Waals surface area contributed by atoms with Gasteiger partial charge in [-0.1, -0.05) is 13.0 Å². The third-order valence-electron chi connectivity index (χ3n) is 5.82. The van der Waals surface area contributed by atoms with Crippen LogP contribution in [-0.2, 0) is 11.0 Å². The normalized spacial score (nSPS) is 19.9. The van der Waals surface area contributed by atoms with Gasteiger partial charge in [-0.05, 0) is 18.1 Å². The lowest BCUT2D eigenvalue weighted by Gasteiger charge is -2.43. The van der Waals surface area contributed by atoms with Crippen LogP contribution in [0.5, 0.6) is 5.88 Å². The van der Waals surface area contributed by atoms with Gasteiger partial charge in [0.05, 0.1) is 38.0 Å². The molecule has 1 unspecified atom stereocenters. The van der Waals surface area contributed by atoms with Crippen molar-refractivity contribution >= 4 is 23.1 Å². The average molecular weight is 529 g/mol. The number of methoxy groups -OCH3 is 1. The first kappa shape index (κ1) is 27.9. The summed E-state index contributed by atoms with van der Waals surface area (Å²) in [6.07, 6.45) is -1.70. The molecule has 37 heavy (non-hydrogen) atoms. The van der Waals surface area contributed by atoms with Gasteiger partial charge < -0.3 is 20.3 Å². The van der Waals surface area contributed by atoms with E-state index in [4.69, 9.17) is 10.1 Å². The first-order valence-electron chi connectivity index (χ1n) is 11.3. The summed E-state index contributed by atoms with van der Waals surface area (Å²) in [7, 11) is 2.71. The third kappa shape index (κ3) is 6.56. The van der Waals surface area contributed by atoms with E-state index in [1.54, 1.807) is 30.6 Å². The fraction of sp³-hybridized carbons (Fsp3) is 0.435. The highest BCUT2D eigenvalue weighted by atomic mass is 19.4. The second-order valence-corrected chi connectivity index (χ2v) is 8.54. The number of hydrogen-bond donors (Lipinski definition) is 3. The van der Waals surface area contributed by atoms with Crippen molar-refractivity contribution in [3.63, 3.8) is 0 Å². The van der Waals surface area contributed by atoms with Gasteiger partial charge in [-0.2, -0.15) is 18.2 Å². The lowest BCUT2D eigenvalue weighted by Crippen LogP contribution is -2.73. The maximum absolute atomic E-state index is 14.5. The summed E-state index contributed by atoms with van der Waals surface area (Å²) in [6.45, 7) is 0.466. The van der Waals surface area contributed by atoms with Crippen LogP contribution in [0.3, 0.4) is 0 Å². The Kier molecular flexibility index (Phi) is 8.41. The van der Waals surface area contributed by atoms with E-state index in [1.165, 1.54) is 19.3 Å². The molecule has 0 bridgehead atoms. The fourth-order valence-electron chi connectivity index (χ4n) is 4.12. The van der Waals surface area contributed by atoms with Gasteiger partial charge in [0.1, 0.15) is 17.5 Å². The van der Waals surface area contributed by atoms with E-state index in [2.05, 4.69) is 20.3 Å². The van der Waals surface area contributed by atoms with Crippen LogP contribution in [0.25, 0.3) is 5.57 Å². The minimum Gasteiger partial charge on any atom is -0.480 e. The Morgan fingerprint density at radius 3 is 2.68 bits per heavy atom. The SMILES string of the molecule is C[NH2+]/C=C(\C(=N)C(=O)N1CC(F)(F)C[C@@H](C)C1CNc1ncc(C(F)(F)F)c(OC)n1)c1ccccn1. The predicted molar refractivity (Wildman–Crippen MR) is 124 cm³/mol. The van der Waals surface area contributed by atoms with Crippen molar-refractivity contribution in [1.29, 1.82) is 5.41 Å². The van der Waals surface area contributed by atoms with Gasteiger partial charge in [-0.3, -0.25) is 15.2 Å². The number of amides is 1. The Morgan fingerprint density at radius 2 is 2.08 bits per heavy atom. The van der Waals surface area contributed by atoms with Gasteiger partial charge in [0, 0.05) is 25.4 Å². The Hall–Kier alpha value is -3.68. The Morgan fingerprint density at radius 1 is 1.35 bits per heavy atom. The number of likely N-dealkylation sites (tertiary alicyclic amines) is 1. The highest BCUT2D eigenvalue weighted by Crippen LogP contribution is 2.36. The van der Waals surface area contributed by atoms with Crippen molar-refractivity contribution in [1.82, 2.24) is 19.9 Å². The van der Waals surface area contributed by atoms with E-state index in [9.17, 15) is 26.7 Å². The molecule has 0 radical (unpaired) electrons. The number of carbonyl (C=O) groups excluding carboxylic acids is 1. The molecule has 14 heteroatoms. The number of aromatic nitrogens is 3. The molecule has 1 fully saturated rings. The topological polar surface area (TPSA) is 121 Å². The van der Waals surface area contributed by atoms with Gasteiger partial charge in [0.15, 0.2) is 0 Å². The van der Waals surface area contributed by atoms with Gasteiger partial charge in [-0.15, -0.1) is 0 Å². The number of pyridine rings is 1. The Bertz CT molecular complexity index is 1160. The third-order valence-corrected chi connectivity index (χ3v) is 5.82. The van der Waals surface area contributed by atoms with Crippen molar-refractivity contribution in [2.75, 3.05) is 32.6 Å². The first-order chi connectivity index (χ1) is 17.4. The van der Waals surface area contributed by atoms with Gasteiger partial charge in [-0.25, -0.2) is 13.8 Å². The molecule has 2 atom stereocenters. The molecule has 1 aliphatic heterocycles. The summed E-state index contributed by atoms with van der Waals surface area (Å²) >= 11 is 0. The van der Waals surface area contributed by atoms with Crippen LogP contribution in [0.15, 0.2) is 36.8 Å². The lowest BCUT2D eigenvalue weighted by molar-refractivity contribution is -0.555. The second-order valence-electron chi connectivity index (χ2n) is 8.54. The summed E-state index contributed by atoms with van der Waals surface area (Å²) in [4.78, 5) is 25.8. The van der Waals surface area contributed by atoms with E-state index in [0.717, 1.165) is 12.0 Å². The number of rotatable bonds is 8. The number of halogens is 5. The average Bonchev–Trinajstić information content (AvgIpc) is 2.84. The van der Waals surface area contributed by atoms with Crippen LogP contribution in [0.1, 0.15) is 24.6 Å². The van der Waals surface area contributed by atoms with Crippen LogP contribution in [0, 0.1) is 11.3 Å². The smallest absolute Gasteiger partial charge is 0.423 e. The van der Waals surface area contributed by atoms with E-state index >= 15 is 0 Å². The zero-order chi connectivity index (χ0) is 27.4. The van der Waals surface area contributed by atoms with E-state index in [1.807, 2.05) is 0 Å². The molecular formula is C23H27F5N7O2+. The standard InChI is InChI=1S/C23H26F5N7O2/c1-13-8-22(24,25)12-35(20(36)18(29)14(9-30-2)16-6-4-5-7-31-16)17(13)11-33-21-32-10-15(23(26,27)28)19(34-21)37-3/h4-7,9-10,13,17,29-30H,8,11-12H2,1-3H3,(H,32,33,34)/p+1/b14-9-,29-18?/t13-,17?/m1/s1. The van der Waals surface area contributed by atoms with Crippen molar-refractivity contribution in [2.45, 2.75) is 31.5 Å². The molecule has 0 aliphatic carbocycles. The maximum atomic E-state index is 14.5. The molecule has 4 N–H and O–H groups in total. The van der Waals surface area contributed by atoms with Crippen molar-refractivity contribution < 1.29 is 36.8 Å². The first-order valence-corrected chi connectivity index (χ1v) is 11.3. The van der Waals surface area contributed by atoms with Crippen LogP contribution in [0.2, 0.25) is 0 Å². The molecule has 0 saturated carbocycles. The number of quaternary nitrogens is 1. The predicted octanol–water partition coefficient (Wildman–Crippen LogP) is 2.44. The molecule has 1 saturated heterocycles. The molecule has 9 nitrogen and oxygen atoms in total. The maximum Gasteiger partial charge on any atom is 0.423 e.